The first-order chi connectivity index (χ1) is 15.5. The van der Waals surface area contributed by atoms with Crippen LogP contribution in [0.15, 0.2) is 24.3 Å². The fourth-order valence-corrected chi connectivity index (χ4v) is 5.16. The number of ether oxygens (including phenoxy) is 1. The average Bonchev–Trinajstić information content (AvgIpc) is 3.17. The van der Waals surface area contributed by atoms with Gasteiger partial charge < -0.3 is 14.6 Å². The molecule has 4 rings (SSSR count). The minimum absolute atomic E-state index is 0.0321. The van der Waals surface area contributed by atoms with Crippen molar-refractivity contribution in [2.75, 3.05) is 6.61 Å². The van der Waals surface area contributed by atoms with Gasteiger partial charge in [-0.05, 0) is 51.7 Å². The molecule has 2 saturated carbocycles. The number of amides is 1. The lowest BCUT2D eigenvalue weighted by molar-refractivity contribution is -0.141. The first kappa shape index (κ1) is 22.6. The minimum Gasteiger partial charge on any atom is -0.452 e. The van der Waals surface area contributed by atoms with Gasteiger partial charge in [-0.1, -0.05) is 50.7 Å². The van der Waals surface area contributed by atoms with Crippen LogP contribution in [0.5, 0.6) is 0 Å². The van der Waals surface area contributed by atoms with E-state index in [0.717, 1.165) is 48.5 Å². The van der Waals surface area contributed by atoms with Crippen LogP contribution in [0.2, 0.25) is 0 Å². The molecule has 1 aromatic carbocycles. The molecule has 1 heterocycles. The average molecular weight is 438 g/mol. The summed E-state index contributed by atoms with van der Waals surface area (Å²) in [6.45, 7) is 3.77. The Kier molecular flexibility index (Phi) is 7.28. The van der Waals surface area contributed by atoms with E-state index >= 15 is 0 Å². The number of nitrogens with zero attached hydrogens (tertiary/aromatic N) is 2. The first-order valence-electron chi connectivity index (χ1n) is 12.1. The third kappa shape index (κ3) is 5.22. The topological polar surface area (TPSA) is 75.3 Å². The maximum atomic E-state index is 13.2. The molecular weight excluding hydrogens is 402 g/mol. The molecule has 0 atom stereocenters. The Morgan fingerprint density at radius 2 is 1.50 bits per heavy atom. The summed E-state index contributed by atoms with van der Waals surface area (Å²) in [6, 6.07) is 7.78. The Morgan fingerprint density at radius 3 is 2.00 bits per heavy atom. The summed E-state index contributed by atoms with van der Waals surface area (Å²) < 4.78 is 5.47. The Labute approximate surface area is 190 Å². The molecule has 0 radical (unpaired) electrons. The molecule has 1 amide bonds. The van der Waals surface area contributed by atoms with Crippen molar-refractivity contribution >= 4 is 11.9 Å². The molecule has 172 valence electrons. The summed E-state index contributed by atoms with van der Waals surface area (Å²) in [7, 11) is 0. The van der Waals surface area contributed by atoms with Crippen LogP contribution in [0.3, 0.4) is 0 Å². The molecular formula is C26H35N3O3. The van der Waals surface area contributed by atoms with Crippen LogP contribution in [-0.4, -0.2) is 45.4 Å². The highest BCUT2D eigenvalue weighted by Gasteiger charge is 2.32. The Hall–Kier alpha value is -2.63. The smallest absolute Gasteiger partial charge is 0.338 e. The molecule has 0 aliphatic heterocycles. The van der Waals surface area contributed by atoms with Crippen molar-refractivity contribution in [1.29, 1.82) is 0 Å². The van der Waals surface area contributed by atoms with Gasteiger partial charge in [0.1, 0.15) is 5.82 Å². The highest BCUT2D eigenvalue weighted by atomic mass is 16.5. The van der Waals surface area contributed by atoms with Gasteiger partial charge in [0.25, 0.3) is 5.91 Å². The van der Waals surface area contributed by atoms with Gasteiger partial charge in [-0.2, -0.15) is 0 Å². The van der Waals surface area contributed by atoms with E-state index in [9.17, 15) is 9.59 Å². The largest absolute Gasteiger partial charge is 0.452 e. The third-order valence-electron chi connectivity index (χ3n) is 7.07. The van der Waals surface area contributed by atoms with Crippen molar-refractivity contribution in [3.63, 3.8) is 0 Å². The second-order valence-corrected chi connectivity index (χ2v) is 9.33. The van der Waals surface area contributed by atoms with Crippen molar-refractivity contribution < 1.29 is 14.3 Å². The van der Waals surface area contributed by atoms with Gasteiger partial charge >= 0.3 is 5.97 Å². The number of H-pyrrole nitrogens is 1. The fraction of sp³-hybridized carbons (Fsp3) is 0.577. The molecule has 0 unspecified atom stereocenters. The molecule has 2 aromatic rings. The quantitative estimate of drug-likeness (QED) is 0.619. The van der Waals surface area contributed by atoms with Crippen molar-refractivity contribution in [2.24, 2.45) is 0 Å². The summed E-state index contributed by atoms with van der Waals surface area (Å²) in [5.74, 6) is 0.296. The van der Waals surface area contributed by atoms with E-state index in [1.165, 1.54) is 38.5 Å². The van der Waals surface area contributed by atoms with Gasteiger partial charge in [-0.25, -0.2) is 9.78 Å². The molecule has 32 heavy (non-hydrogen) atoms. The number of carbonyl (C=O) groups excluding carboxylic acids is 2. The highest BCUT2D eigenvalue weighted by molar-refractivity contribution is 5.91. The molecule has 2 aliphatic rings. The molecule has 2 aliphatic carbocycles. The number of hydrogen-bond donors (Lipinski definition) is 1. The van der Waals surface area contributed by atoms with Crippen molar-refractivity contribution in [1.82, 2.24) is 14.9 Å². The van der Waals surface area contributed by atoms with Crippen LogP contribution in [0.1, 0.15) is 86.0 Å². The zero-order valence-electron chi connectivity index (χ0n) is 19.4. The second-order valence-electron chi connectivity index (χ2n) is 9.33. The molecule has 0 spiro atoms. The molecule has 6 heteroatoms. The highest BCUT2D eigenvalue weighted by Crippen LogP contribution is 2.30. The van der Waals surface area contributed by atoms with Crippen LogP contribution in [0, 0.1) is 13.8 Å². The molecule has 0 saturated heterocycles. The van der Waals surface area contributed by atoms with Gasteiger partial charge in [0.15, 0.2) is 6.61 Å². The van der Waals surface area contributed by atoms with Crippen LogP contribution in [0.4, 0.5) is 0 Å². The van der Waals surface area contributed by atoms with Crippen molar-refractivity contribution in [3.8, 4) is 11.4 Å². The van der Waals surface area contributed by atoms with E-state index < -0.39 is 5.97 Å². The van der Waals surface area contributed by atoms with Crippen molar-refractivity contribution in [3.05, 3.63) is 41.2 Å². The summed E-state index contributed by atoms with van der Waals surface area (Å²) in [4.78, 5) is 35.6. The molecule has 6 nitrogen and oxygen atoms in total. The van der Waals surface area contributed by atoms with E-state index in [0.29, 0.717) is 17.6 Å². The number of nitrogens with one attached hydrogen (secondary N) is 1. The number of benzene rings is 1. The third-order valence-corrected chi connectivity index (χ3v) is 7.07. The standard InChI is InChI=1S/C26H35N3O3/c1-18-19(2)28-25(27-18)20-13-15-21(16-14-20)26(31)32-17-24(30)29(22-9-5-3-6-10-22)23-11-7-4-8-12-23/h13-16,22-23H,3-12,17H2,1-2H3,(H,27,28). The Morgan fingerprint density at radius 1 is 0.938 bits per heavy atom. The number of aromatic nitrogens is 2. The van der Waals surface area contributed by atoms with Crippen LogP contribution < -0.4 is 0 Å². The summed E-state index contributed by atoms with van der Waals surface area (Å²) in [5, 5.41) is 0. The first-order valence-corrected chi connectivity index (χ1v) is 12.1. The zero-order chi connectivity index (χ0) is 22.5. The second kappa shape index (κ2) is 10.3. The monoisotopic (exact) mass is 437 g/mol. The predicted molar refractivity (Wildman–Crippen MR) is 124 cm³/mol. The van der Waals surface area contributed by atoms with Gasteiger partial charge in [-0.15, -0.1) is 0 Å². The summed E-state index contributed by atoms with van der Waals surface area (Å²) in [5.41, 5.74) is 3.35. The van der Waals surface area contributed by atoms with Crippen LogP contribution in [-0.2, 0) is 9.53 Å². The zero-order valence-corrected chi connectivity index (χ0v) is 19.4. The predicted octanol–water partition coefficient (Wildman–Crippen LogP) is 5.34. The van der Waals surface area contributed by atoms with E-state index in [2.05, 4.69) is 14.9 Å². The molecule has 1 aromatic heterocycles. The van der Waals surface area contributed by atoms with Gasteiger partial charge in [-0.3, -0.25) is 4.79 Å². The lowest BCUT2D eigenvalue weighted by Gasteiger charge is -2.41. The van der Waals surface area contributed by atoms with Crippen LogP contribution >= 0.6 is 0 Å². The van der Waals surface area contributed by atoms with E-state index in [4.69, 9.17) is 4.74 Å². The molecule has 2 fully saturated rings. The number of imidazole rings is 1. The van der Waals surface area contributed by atoms with Crippen LogP contribution in [0.25, 0.3) is 11.4 Å². The summed E-state index contributed by atoms with van der Waals surface area (Å²) >= 11 is 0. The van der Waals surface area contributed by atoms with E-state index in [-0.39, 0.29) is 12.5 Å². The number of hydrogen-bond acceptors (Lipinski definition) is 4. The Balaban J connectivity index is 1.38. The number of aromatic amines is 1. The van der Waals surface area contributed by atoms with Gasteiger partial charge in [0.05, 0.1) is 11.3 Å². The molecule has 0 bridgehead atoms. The van der Waals surface area contributed by atoms with Gasteiger partial charge in [0.2, 0.25) is 0 Å². The minimum atomic E-state index is -0.455. The normalized spacial score (nSPS) is 17.8. The maximum absolute atomic E-state index is 13.2. The maximum Gasteiger partial charge on any atom is 0.338 e. The molecule has 1 N–H and O–H groups in total. The lowest BCUT2D eigenvalue weighted by atomic mass is 9.88. The number of carbonyl (C=O) groups is 2. The number of aryl methyl sites for hydroxylation is 2. The number of esters is 1. The Bertz CT molecular complexity index is 885. The van der Waals surface area contributed by atoms with Crippen molar-refractivity contribution in [2.45, 2.75) is 90.1 Å². The van der Waals surface area contributed by atoms with Gasteiger partial charge in [0, 0.05) is 23.3 Å². The summed E-state index contributed by atoms with van der Waals surface area (Å²) in [6.07, 6.45) is 11.5. The van der Waals surface area contributed by atoms with E-state index in [1.54, 1.807) is 12.1 Å². The van der Waals surface area contributed by atoms with E-state index in [1.807, 2.05) is 26.0 Å². The fourth-order valence-electron chi connectivity index (χ4n) is 5.16. The lowest BCUT2D eigenvalue weighted by Crippen LogP contribution is -2.50. The SMILES string of the molecule is Cc1nc(-c2ccc(C(=O)OCC(=O)N(C3CCCCC3)C3CCCCC3)cc2)[nH]c1C. The number of rotatable bonds is 6.